The SMILES string of the molecule is C=CCN(Cn1nnc2ccccc21)C(=O)C1N(CCCCO)C(=O)[C@@H]2[C@@H](C(=O)N(CC=C)c3ccccc3)[C@]3(C)OC12CC3C. The number of ether oxygens (including phenoxy) is 1. The van der Waals surface area contributed by atoms with Crippen molar-refractivity contribution in [2.45, 2.75) is 57.0 Å². The van der Waals surface area contributed by atoms with Crippen LogP contribution in [0.5, 0.6) is 0 Å². The summed E-state index contributed by atoms with van der Waals surface area (Å²) >= 11 is 0. The van der Waals surface area contributed by atoms with Crippen molar-refractivity contribution in [2.75, 3.05) is 31.1 Å². The molecule has 1 aromatic heterocycles. The second kappa shape index (κ2) is 12.4. The fourth-order valence-electron chi connectivity index (χ4n) is 7.99. The molecular weight excluding hydrogens is 584 g/mol. The van der Waals surface area contributed by atoms with Crippen LogP contribution in [0.15, 0.2) is 79.9 Å². The van der Waals surface area contributed by atoms with Gasteiger partial charge in [0.2, 0.25) is 17.7 Å². The maximum absolute atomic E-state index is 14.8. The number of hydrogen-bond donors (Lipinski definition) is 1. The smallest absolute Gasteiger partial charge is 0.250 e. The van der Waals surface area contributed by atoms with Gasteiger partial charge in [-0.3, -0.25) is 14.4 Å². The van der Waals surface area contributed by atoms with Crippen molar-refractivity contribution in [1.82, 2.24) is 24.8 Å². The highest BCUT2D eigenvalue weighted by atomic mass is 16.5. The first-order valence-electron chi connectivity index (χ1n) is 16.0. The third kappa shape index (κ3) is 4.93. The Morgan fingerprint density at radius 1 is 1.07 bits per heavy atom. The number of nitrogens with zero attached hydrogens (tertiary/aromatic N) is 6. The van der Waals surface area contributed by atoms with Gasteiger partial charge in [-0.2, -0.15) is 0 Å². The number of aliphatic hydroxyl groups excluding tert-OH is 1. The molecule has 11 heteroatoms. The Morgan fingerprint density at radius 2 is 1.78 bits per heavy atom. The van der Waals surface area contributed by atoms with Crippen LogP contribution in [0.25, 0.3) is 11.0 Å². The minimum absolute atomic E-state index is 0.0303. The molecule has 46 heavy (non-hydrogen) atoms. The molecule has 1 N–H and O–H groups in total. The molecule has 4 heterocycles. The third-order valence-electron chi connectivity index (χ3n) is 10.2. The number of aromatic nitrogens is 3. The molecule has 2 bridgehead atoms. The molecule has 11 nitrogen and oxygen atoms in total. The van der Waals surface area contributed by atoms with Crippen LogP contribution in [0.3, 0.4) is 0 Å². The highest BCUT2D eigenvalue weighted by molar-refractivity contribution is 6.03. The Morgan fingerprint density at radius 3 is 2.50 bits per heavy atom. The molecule has 0 saturated carbocycles. The summed E-state index contributed by atoms with van der Waals surface area (Å²) in [7, 11) is 0. The van der Waals surface area contributed by atoms with Gasteiger partial charge in [0, 0.05) is 31.9 Å². The van der Waals surface area contributed by atoms with E-state index in [-0.39, 0.29) is 56.5 Å². The van der Waals surface area contributed by atoms with E-state index >= 15 is 0 Å². The molecule has 3 aliphatic rings. The monoisotopic (exact) mass is 626 g/mol. The Bertz CT molecular complexity index is 1640. The molecule has 3 aromatic rings. The summed E-state index contributed by atoms with van der Waals surface area (Å²) in [6.07, 6.45) is 4.75. The first-order chi connectivity index (χ1) is 22.2. The number of unbranched alkanes of at least 4 members (excludes halogenated alkanes) is 1. The molecule has 3 saturated heterocycles. The number of benzene rings is 2. The van der Waals surface area contributed by atoms with Gasteiger partial charge in [0.05, 0.1) is 23.0 Å². The molecule has 3 unspecified atom stereocenters. The first kappa shape index (κ1) is 31.6. The van der Waals surface area contributed by atoms with Crippen LogP contribution in [0, 0.1) is 17.8 Å². The average molecular weight is 627 g/mol. The van der Waals surface area contributed by atoms with Gasteiger partial charge in [-0.05, 0) is 56.4 Å². The fourth-order valence-corrected chi connectivity index (χ4v) is 7.99. The Balaban J connectivity index is 1.41. The molecule has 3 aliphatic heterocycles. The molecule has 3 fully saturated rings. The normalized spacial score (nSPS) is 28.0. The zero-order chi connectivity index (χ0) is 32.6. The Hall–Kier alpha value is -4.35. The summed E-state index contributed by atoms with van der Waals surface area (Å²) in [5, 5.41) is 18.1. The van der Waals surface area contributed by atoms with Crippen LogP contribution < -0.4 is 4.90 Å². The van der Waals surface area contributed by atoms with E-state index < -0.39 is 29.1 Å². The van der Waals surface area contributed by atoms with Crippen molar-refractivity contribution in [3.8, 4) is 0 Å². The standard InChI is InChI=1S/C35H42N6O5/c1-5-18-38(23-41-27-17-11-10-16-26(27)36-37-41)33(45)30-35-22-24(3)34(4,46-35)28(29(35)32(44)40(30)20-12-13-21-42)31(43)39(19-6-2)25-14-8-7-9-15-25/h5-11,14-17,24,28-30,42H,1-2,12-13,18-23H2,3-4H3/t24?,28-,29-,30?,34+,35?/m0/s1. The van der Waals surface area contributed by atoms with Gasteiger partial charge in [-0.25, -0.2) is 4.68 Å². The molecule has 0 aliphatic carbocycles. The summed E-state index contributed by atoms with van der Waals surface area (Å²) in [5.41, 5.74) is 0.0122. The van der Waals surface area contributed by atoms with Gasteiger partial charge in [-0.1, -0.05) is 54.6 Å². The third-order valence-corrected chi connectivity index (χ3v) is 10.2. The number of rotatable bonds is 13. The highest BCUT2D eigenvalue weighted by Gasteiger charge is 2.80. The van der Waals surface area contributed by atoms with Gasteiger partial charge in [0.25, 0.3) is 0 Å². The van der Waals surface area contributed by atoms with Crippen LogP contribution in [0.1, 0.15) is 33.1 Å². The van der Waals surface area contributed by atoms with Crippen molar-refractivity contribution >= 4 is 34.4 Å². The van der Waals surface area contributed by atoms with Gasteiger partial charge in [0.1, 0.15) is 23.8 Å². The predicted octanol–water partition coefficient (Wildman–Crippen LogP) is 3.41. The largest absolute Gasteiger partial charge is 0.396 e. The van der Waals surface area contributed by atoms with Gasteiger partial charge in [-0.15, -0.1) is 18.3 Å². The van der Waals surface area contributed by atoms with Crippen LogP contribution >= 0.6 is 0 Å². The maximum Gasteiger partial charge on any atom is 0.250 e. The van der Waals surface area contributed by atoms with E-state index in [2.05, 4.69) is 23.5 Å². The summed E-state index contributed by atoms with van der Waals surface area (Å²) < 4.78 is 8.62. The number of anilines is 1. The van der Waals surface area contributed by atoms with Crippen molar-refractivity contribution in [3.05, 3.63) is 79.9 Å². The van der Waals surface area contributed by atoms with Crippen LogP contribution in [0.4, 0.5) is 5.69 Å². The number of aliphatic hydroxyl groups is 1. The van der Waals surface area contributed by atoms with E-state index in [1.807, 2.05) is 68.4 Å². The lowest BCUT2D eigenvalue weighted by atomic mass is 9.62. The fraction of sp³-hybridized carbons (Fsp3) is 0.457. The number of likely N-dealkylation sites (tertiary alicyclic amines) is 1. The number of carbonyl (C=O) groups excluding carboxylic acids is 3. The van der Waals surface area contributed by atoms with Gasteiger partial charge < -0.3 is 24.5 Å². The van der Waals surface area contributed by atoms with Crippen molar-refractivity contribution in [3.63, 3.8) is 0 Å². The lowest BCUT2D eigenvalue weighted by molar-refractivity contribution is -0.153. The van der Waals surface area contributed by atoms with Crippen molar-refractivity contribution < 1.29 is 24.2 Å². The van der Waals surface area contributed by atoms with E-state index in [4.69, 9.17) is 4.74 Å². The lowest BCUT2D eigenvalue weighted by Gasteiger charge is -2.39. The molecule has 1 spiro atoms. The van der Waals surface area contributed by atoms with Gasteiger partial charge >= 0.3 is 0 Å². The molecular formula is C35H42N6O5. The van der Waals surface area contributed by atoms with Crippen LogP contribution in [-0.4, -0.2) is 91.1 Å². The Labute approximate surface area is 269 Å². The molecule has 6 atom stereocenters. The van der Waals surface area contributed by atoms with E-state index in [1.54, 1.807) is 31.5 Å². The molecule has 0 radical (unpaired) electrons. The number of fused-ring (bicyclic) bond motifs is 2. The molecule has 242 valence electrons. The summed E-state index contributed by atoms with van der Waals surface area (Å²) in [6, 6.07) is 15.9. The zero-order valence-corrected chi connectivity index (χ0v) is 26.5. The van der Waals surface area contributed by atoms with Gasteiger partial charge in [0.15, 0.2) is 0 Å². The zero-order valence-electron chi connectivity index (χ0n) is 26.5. The quantitative estimate of drug-likeness (QED) is 0.228. The first-order valence-corrected chi connectivity index (χ1v) is 16.0. The average Bonchev–Trinajstić information content (AvgIpc) is 3.73. The summed E-state index contributed by atoms with van der Waals surface area (Å²) in [5.74, 6) is -2.55. The molecule has 3 amide bonds. The minimum Gasteiger partial charge on any atom is -0.396 e. The van der Waals surface area contributed by atoms with Crippen LogP contribution in [0.2, 0.25) is 0 Å². The van der Waals surface area contributed by atoms with E-state index in [0.29, 0.717) is 30.5 Å². The van der Waals surface area contributed by atoms with Crippen LogP contribution in [-0.2, 0) is 25.8 Å². The van der Waals surface area contributed by atoms with E-state index in [1.165, 1.54) is 0 Å². The van der Waals surface area contributed by atoms with Crippen molar-refractivity contribution in [1.29, 1.82) is 0 Å². The summed E-state index contributed by atoms with van der Waals surface area (Å²) in [4.78, 5) is 49.0. The topological polar surface area (TPSA) is 121 Å². The lowest BCUT2D eigenvalue weighted by Crippen LogP contribution is -2.57. The molecule has 6 rings (SSSR count). The van der Waals surface area contributed by atoms with E-state index in [0.717, 1.165) is 5.52 Å². The number of hydrogen-bond acceptors (Lipinski definition) is 7. The second-order valence-electron chi connectivity index (χ2n) is 12.8. The number of amides is 3. The predicted molar refractivity (Wildman–Crippen MR) is 173 cm³/mol. The summed E-state index contributed by atoms with van der Waals surface area (Å²) in [6.45, 7) is 12.5. The minimum atomic E-state index is -1.21. The van der Waals surface area contributed by atoms with E-state index in [9.17, 15) is 19.5 Å². The molecule has 2 aromatic carbocycles. The maximum atomic E-state index is 14.8. The Kier molecular flexibility index (Phi) is 8.56. The number of carbonyl (C=O) groups is 3. The van der Waals surface area contributed by atoms with Crippen molar-refractivity contribution in [2.24, 2.45) is 17.8 Å². The number of para-hydroxylation sites is 2. The highest BCUT2D eigenvalue weighted by Crippen LogP contribution is 2.65. The second-order valence-corrected chi connectivity index (χ2v) is 12.8.